The highest BCUT2D eigenvalue weighted by Gasteiger charge is 2.27. The molecule has 0 amide bonds. The molecule has 19 heavy (non-hydrogen) atoms. The summed E-state index contributed by atoms with van der Waals surface area (Å²) in [4.78, 5) is 1.98. The number of hydrogen-bond donors (Lipinski definition) is 2. The van der Waals surface area contributed by atoms with E-state index in [9.17, 15) is 13.2 Å². The van der Waals surface area contributed by atoms with E-state index >= 15 is 0 Å². The number of halogens is 3. The Hall–Kier alpha value is -1.06. The zero-order valence-corrected chi connectivity index (χ0v) is 10.4. The van der Waals surface area contributed by atoms with Crippen molar-refractivity contribution in [3.8, 4) is 0 Å². The summed E-state index contributed by atoms with van der Waals surface area (Å²) in [6.07, 6.45) is -4.27. The summed E-state index contributed by atoms with van der Waals surface area (Å²) in [5.41, 5.74) is 5.43. The first-order valence-electron chi connectivity index (χ1n) is 5.88. The average Bonchev–Trinajstić information content (AvgIpc) is 2.36. The molecular weight excluding hydrogens is 267 g/mol. The van der Waals surface area contributed by atoms with Gasteiger partial charge in [0.25, 0.3) is 0 Å². The number of morpholine rings is 1. The van der Waals surface area contributed by atoms with E-state index < -0.39 is 18.9 Å². The Labute approximate surface area is 108 Å². The summed E-state index contributed by atoms with van der Waals surface area (Å²) in [5, 5.41) is 11.4. The van der Waals surface area contributed by atoms with Gasteiger partial charge in [-0.25, -0.2) is 0 Å². The van der Waals surface area contributed by atoms with Crippen molar-refractivity contribution in [2.75, 3.05) is 39.5 Å². The molecule has 1 unspecified atom stereocenters. The highest BCUT2D eigenvalue weighted by Crippen LogP contribution is 2.14. The third-order valence-electron chi connectivity index (χ3n) is 2.62. The maximum Gasteiger partial charge on any atom is 0.411 e. The molecule has 9 heteroatoms. The van der Waals surface area contributed by atoms with Crippen molar-refractivity contribution in [1.82, 2.24) is 4.90 Å². The van der Waals surface area contributed by atoms with Gasteiger partial charge in [-0.2, -0.15) is 13.2 Å². The van der Waals surface area contributed by atoms with Gasteiger partial charge in [0, 0.05) is 26.2 Å². The van der Waals surface area contributed by atoms with E-state index in [4.69, 9.17) is 15.7 Å². The zero-order valence-electron chi connectivity index (χ0n) is 10.4. The largest absolute Gasteiger partial charge is 0.411 e. The topological polar surface area (TPSA) is 80.3 Å². The summed E-state index contributed by atoms with van der Waals surface area (Å²) in [6, 6.07) is 0. The molecule has 3 N–H and O–H groups in total. The van der Waals surface area contributed by atoms with Gasteiger partial charge in [0.1, 0.15) is 12.7 Å². The molecule has 0 spiro atoms. The highest BCUT2D eigenvalue weighted by atomic mass is 19.4. The number of oxime groups is 1. The molecule has 0 aromatic rings. The molecule has 0 saturated carbocycles. The van der Waals surface area contributed by atoms with E-state index in [-0.39, 0.29) is 12.4 Å². The number of ether oxygens (including phenoxy) is 2. The molecule has 1 atom stereocenters. The van der Waals surface area contributed by atoms with E-state index in [2.05, 4.69) is 9.89 Å². The maximum atomic E-state index is 11.8. The van der Waals surface area contributed by atoms with Crippen LogP contribution in [0.3, 0.4) is 0 Å². The highest BCUT2D eigenvalue weighted by molar-refractivity contribution is 5.84. The monoisotopic (exact) mass is 285 g/mol. The normalized spacial score (nSPS) is 22.7. The van der Waals surface area contributed by atoms with Gasteiger partial charge in [-0.1, -0.05) is 5.16 Å². The lowest BCUT2D eigenvalue weighted by Crippen LogP contribution is -2.48. The second-order valence-corrected chi connectivity index (χ2v) is 4.21. The smallest absolute Gasteiger partial charge is 0.409 e. The minimum Gasteiger partial charge on any atom is -0.409 e. The molecule has 1 aliphatic rings. The number of rotatable bonds is 6. The molecular formula is C10H18F3N3O3. The molecule has 1 saturated heterocycles. The van der Waals surface area contributed by atoms with Crippen molar-refractivity contribution >= 4 is 5.84 Å². The fraction of sp³-hybridized carbons (Fsp3) is 0.900. The Morgan fingerprint density at radius 2 is 2.26 bits per heavy atom. The maximum absolute atomic E-state index is 11.8. The first kappa shape index (κ1) is 16.0. The summed E-state index contributed by atoms with van der Waals surface area (Å²) < 4.78 is 45.3. The van der Waals surface area contributed by atoms with Crippen LogP contribution in [0, 0.1) is 0 Å². The number of hydrogen-bond acceptors (Lipinski definition) is 5. The third-order valence-corrected chi connectivity index (χ3v) is 2.62. The number of nitrogens with two attached hydrogens (primary N) is 1. The van der Waals surface area contributed by atoms with Crippen LogP contribution < -0.4 is 5.73 Å². The summed E-state index contributed by atoms with van der Waals surface area (Å²) in [7, 11) is 0. The lowest BCUT2D eigenvalue weighted by molar-refractivity contribution is -0.174. The Morgan fingerprint density at radius 3 is 2.89 bits per heavy atom. The SMILES string of the molecule is NC(=NO)C1CN(CCCOCC(F)(F)F)CCO1. The molecule has 1 aliphatic heterocycles. The Balaban J connectivity index is 2.16. The molecule has 0 radical (unpaired) electrons. The van der Waals surface area contributed by atoms with Gasteiger partial charge in [-0.05, 0) is 6.42 Å². The zero-order chi connectivity index (χ0) is 14.3. The minimum absolute atomic E-state index is 0.00183. The second kappa shape index (κ2) is 7.51. The lowest BCUT2D eigenvalue weighted by Gasteiger charge is -2.32. The van der Waals surface area contributed by atoms with Crippen LogP contribution in [0.25, 0.3) is 0 Å². The van der Waals surface area contributed by atoms with Gasteiger partial charge in [0.05, 0.1) is 6.61 Å². The Kier molecular flexibility index (Phi) is 6.32. The van der Waals surface area contributed by atoms with Gasteiger partial charge in [0.2, 0.25) is 0 Å². The second-order valence-electron chi connectivity index (χ2n) is 4.21. The predicted octanol–water partition coefficient (Wildman–Crippen LogP) is 0.403. The van der Waals surface area contributed by atoms with Crippen LogP contribution in [-0.4, -0.2) is 67.7 Å². The van der Waals surface area contributed by atoms with E-state index in [0.717, 1.165) is 0 Å². The Bertz CT molecular complexity index is 299. The first-order valence-corrected chi connectivity index (χ1v) is 5.88. The predicted molar refractivity (Wildman–Crippen MR) is 61.1 cm³/mol. The molecule has 1 rings (SSSR count). The third kappa shape index (κ3) is 6.60. The molecule has 112 valence electrons. The number of alkyl halides is 3. The van der Waals surface area contributed by atoms with Crippen molar-refractivity contribution in [3.05, 3.63) is 0 Å². The van der Waals surface area contributed by atoms with Crippen molar-refractivity contribution in [2.24, 2.45) is 10.9 Å². The summed E-state index contributed by atoms with van der Waals surface area (Å²) in [6.45, 7) is 0.957. The summed E-state index contributed by atoms with van der Waals surface area (Å²) >= 11 is 0. The van der Waals surface area contributed by atoms with Crippen LogP contribution in [0.15, 0.2) is 5.16 Å². The van der Waals surface area contributed by atoms with E-state index in [0.29, 0.717) is 32.7 Å². The van der Waals surface area contributed by atoms with Crippen LogP contribution in [0.1, 0.15) is 6.42 Å². The van der Waals surface area contributed by atoms with Crippen LogP contribution in [0.2, 0.25) is 0 Å². The lowest BCUT2D eigenvalue weighted by atomic mass is 10.2. The standard InChI is InChI=1S/C10H18F3N3O3/c11-10(12,13)7-18-4-1-2-16-3-5-19-8(6-16)9(14)15-17/h8,17H,1-7H2,(H2,14,15). The fourth-order valence-electron chi connectivity index (χ4n) is 1.73. The average molecular weight is 285 g/mol. The minimum atomic E-state index is -4.28. The van der Waals surface area contributed by atoms with Crippen LogP contribution in [-0.2, 0) is 9.47 Å². The molecule has 0 aromatic heterocycles. The van der Waals surface area contributed by atoms with Crippen molar-refractivity contribution in [1.29, 1.82) is 0 Å². The van der Waals surface area contributed by atoms with E-state index in [1.165, 1.54) is 0 Å². The van der Waals surface area contributed by atoms with Crippen LogP contribution >= 0.6 is 0 Å². The van der Waals surface area contributed by atoms with Crippen LogP contribution in [0.4, 0.5) is 13.2 Å². The quantitative estimate of drug-likeness (QED) is 0.243. The van der Waals surface area contributed by atoms with Gasteiger partial charge < -0.3 is 20.4 Å². The molecule has 1 heterocycles. The van der Waals surface area contributed by atoms with Gasteiger partial charge in [-0.3, -0.25) is 4.90 Å². The van der Waals surface area contributed by atoms with E-state index in [1.807, 2.05) is 4.90 Å². The molecule has 6 nitrogen and oxygen atoms in total. The van der Waals surface area contributed by atoms with E-state index in [1.54, 1.807) is 0 Å². The fourth-order valence-corrected chi connectivity index (χ4v) is 1.73. The van der Waals surface area contributed by atoms with Crippen molar-refractivity contribution in [2.45, 2.75) is 18.7 Å². The number of nitrogens with zero attached hydrogens (tertiary/aromatic N) is 2. The molecule has 1 fully saturated rings. The van der Waals surface area contributed by atoms with Gasteiger partial charge >= 0.3 is 6.18 Å². The summed E-state index contributed by atoms with van der Waals surface area (Å²) in [5.74, 6) is -0.00183. The van der Waals surface area contributed by atoms with Crippen molar-refractivity contribution < 1.29 is 27.9 Å². The Morgan fingerprint density at radius 1 is 1.53 bits per heavy atom. The van der Waals surface area contributed by atoms with Gasteiger partial charge in [0.15, 0.2) is 5.84 Å². The first-order chi connectivity index (χ1) is 8.92. The molecule has 0 bridgehead atoms. The number of amidine groups is 1. The molecule has 0 aromatic carbocycles. The van der Waals surface area contributed by atoms with Crippen molar-refractivity contribution in [3.63, 3.8) is 0 Å². The van der Waals surface area contributed by atoms with Crippen LogP contribution in [0.5, 0.6) is 0 Å². The molecule has 0 aliphatic carbocycles. The van der Waals surface area contributed by atoms with Gasteiger partial charge in [-0.15, -0.1) is 0 Å².